The molecule has 2 atom stereocenters. The molecule has 0 amide bonds. The lowest BCUT2D eigenvalue weighted by atomic mass is 9.80. The largest absolute Gasteiger partial charge is 0.461 e. The van der Waals surface area contributed by atoms with Gasteiger partial charge >= 0.3 is 0 Å². The quantitative estimate of drug-likeness (QED) is 0.153. The molecule has 9 aromatic rings. The molecule has 0 N–H and O–H groups in total. The van der Waals surface area contributed by atoms with Crippen LogP contribution in [-0.4, -0.2) is 0 Å². The zero-order chi connectivity index (χ0) is 41.7. The van der Waals surface area contributed by atoms with Crippen LogP contribution in [0.1, 0.15) is 59.8 Å². The number of benzene rings is 8. The number of hydrogen-bond donors (Lipinski definition) is 0. The van der Waals surface area contributed by atoms with E-state index >= 15 is 0 Å². The van der Waals surface area contributed by atoms with Crippen molar-refractivity contribution in [3.05, 3.63) is 240 Å². The predicted molar refractivity (Wildman–Crippen MR) is 261 cm³/mol. The summed E-state index contributed by atoms with van der Waals surface area (Å²) < 4.78 is 12.8. The van der Waals surface area contributed by atoms with Crippen LogP contribution >= 0.6 is 0 Å². The smallest absolute Gasteiger partial charge is 0.138 e. The van der Waals surface area contributed by atoms with Gasteiger partial charge in [0.25, 0.3) is 0 Å². The molecule has 2 aliphatic carbocycles. The first-order chi connectivity index (χ1) is 31.2. The van der Waals surface area contributed by atoms with Gasteiger partial charge in [0.1, 0.15) is 22.7 Å². The van der Waals surface area contributed by atoms with Gasteiger partial charge in [0.15, 0.2) is 0 Å². The molecule has 2 heterocycles. The first-order valence-electron chi connectivity index (χ1n) is 22.2. The molecule has 0 saturated carbocycles. The standard InChI is InChI=1S/C60H45NO2/c1-2-11-40(12-3-1)41-23-30-49(31-24-41)61(51-34-27-43(28-35-51)47-29-36-55-53-17-4-6-21-57(53)62-59(55)39-47)50-32-25-42(26-33-50)44-13-8-14-45(37-44)46-15-9-16-48(38-46)52-19-10-20-56-54-18-5-7-22-58(54)63-60(52)56/h1-8,10-15,17-35,37,39,48,55H,9,16,36,38H2. The van der Waals surface area contributed by atoms with Gasteiger partial charge in [0.05, 0.1) is 0 Å². The molecule has 3 heteroatoms. The monoisotopic (exact) mass is 811 g/mol. The highest BCUT2D eigenvalue weighted by Gasteiger charge is 2.31. The van der Waals surface area contributed by atoms with Gasteiger partial charge in [-0.05, 0) is 142 Å². The van der Waals surface area contributed by atoms with Crippen molar-refractivity contribution in [3.63, 3.8) is 0 Å². The van der Waals surface area contributed by atoms with Gasteiger partial charge in [0.2, 0.25) is 0 Å². The highest BCUT2D eigenvalue weighted by molar-refractivity contribution is 6.06. The molecule has 0 fully saturated rings. The van der Waals surface area contributed by atoms with Crippen molar-refractivity contribution < 1.29 is 9.15 Å². The fraction of sp³-hybridized carbons (Fsp3) is 0.100. The van der Waals surface area contributed by atoms with E-state index in [4.69, 9.17) is 9.15 Å². The van der Waals surface area contributed by atoms with Gasteiger partial charge in [-0.3, -0.25) is 0 Å². The van der Waals surface area contributed by atoms with E-state index in [-0.39, 0.29) is 0 Å². The SMILES string of the molecule is C1=C(c2ccc(N(c3ccc(-c4ccccc4)cc3)c3ccc(-c4cccc(C5=CCCC(c6cccc7c6oc6ccccc67)C5)c4)cc3)cc2)C=C2Oc3ccccc3C2C1. The Kier molecular flexibility index (Phi) is 9.26. The number of anilines is 3. The molecule has 1 aliphatic heterocycles. The summed E-state index contributed by atoms with van der Waals surface area (Å²) in [5.74, 6) is 2.73. The second-order valence-electron chi connectivity index (χ2n) is 17.1. The van der Waals surface area contributed by atoms with E-state index in [1.165, 1.54) is 66.4 Å². The Bertz CT molecular complexity index is 3240. The minimum atomic E-state index is 0.302. The highest BCUT2D eigenvalue weighted by Crippen LogP contribution is 2.47. The molecular formula is C60H45NO2. The third-order valence-corrected chi connectivity index (χ3v) is 13.4. The van der Waals surface area contributed by atoms with Crippen LogP contribution in [0.2, 0.25) is 0 Å². The molecule has 8 aromatic carbocycles. The van der Waals surface area contributed by atoms with E-state index in [9.17, 15) is 0 Å². The number of ether oxygens (including phenoxy) is 1. The van der Waals surface area contributed by atoms with E-state index in [0.29, 0.717) is 11.8 Å². The highest BCUT2D eigenvalue weighted by atomic mass is 16.5. The van der Waals surface area contributed by atoms with Crippen molar-refractivity contribution in [2.45, 2.75) is 37.5 Å². The van der Waals surface area contributed by atoms with Crippen LogP contribution in [0.3, 0.4) is 0 Å². The number of nitrogens with zero attached hydrogens (tertiary/aromatic N) is 1. The molecule has 63 heavy (non-hydrogen) atoms. The lowest BCUT2D eigenvalue weighted by Gasteiger charge is -2.26. The molecule has 0 radical (unpaired) electrons. The van der Waals surface area contributed by atoms with Crippen LogP contribution in [0.15, 0.2) is 223 Å². The van der Waals surface area contributed by atoms with Gasteiger partial charge in [0, 0.05) is 39.3 Å². The van der Waals surface area contributed by atoms with E-state index in [1.54, 1.807) is 0 Å². The Balaban J connectivity index is 0.828. The number of allylic oxidation sites excluding steroid dienone is 6. The number of rotatable bonds is 8. The van der Waals surface area contributed by atoms with Crippen LogP contribution < -0.4 is 9.64 Å². The predicted octanol–water partition coefficient (Wildman–Crippen LogP) is 16.6. The first kappa shape index (κ1) is 37.2. The molecule has 3 nitrogen and oxygen atoms in total. The Morgan fingerprint density at radius 1 is 0.476 bits per heavy atom. The lowest BCUT2D eigenvalue weighted by molar-refractivity contribution is 0.426. The van der Waals surface area contributed by atoms with E-state index in [2.05, 4.69) is 211 Å². The average molecular weight is 812 g/mol. The van der Waals surface area contributed by atoms with E-state index in [1.807, 2.05) is 6.07 Å². The van der Waals surface area contributed by atoms with Crippen LogP contribution in [0.25, 0.3) is 55.3 Å². The molecule has 1 aromatic heterocycles. The zero-order valence-electron chi connectivity index (χ0n) is 35.0. The summed E-state index contributed by atoms with van der Waals surface area (Å²) in [6.45, 7) is 0. The summed E-state index contributed by atoms with van der Waals surface area (Å²) in [5, 5.41) is 2.40. The Hall–Kier alpha value is -7.62. The minimum Gasteiger partial charge on any atom is -0.461 e. The van der Waals surface area contributed by atoms with Crippen LogP contribution in [0.4, 0.5) is 17.1 Å². The third-order valence-electron chi connectivity index (χ3n) is 13.4. The molecule has 302 valence electrons. The van der Waals surface area contributed by atoms with Crippen molar-refractivity contribution in [2.24, 2.45) is 0 Å². The van der Waals surface area contributed by atoms with Gasteiger partial charge in [-0.1, -0.05) is 152 Å². The average Bonchev–Trinajstić information content (AvgIpc) is 3.93. The Morgan fingerprint density at radius 3 is 1.87 bits per heavy atom. The van der Waals surface area contributed by atoms with Crippen molar-refractivity contribution in [1.82, 2.24) is 0 Å². The second-order valence-corrected chi connectivity index (χ2v) is 17.1. The fourth-order valence-electron chi connectivity index (χ4n) is 10.1. The number of fused-ring (bicyclic) bond motifs is 6. The maximum Gasteiger partial charge on any atom is 0.138 e. The first-order valence-corrected chi connectivity index (χ1v) is 22.2. The Labute approximate surface area is 368 Å². The van der Waals surface area contributed by atoms with Crippen LogP contribution in [0.5, 0.6) is 5.75 Å². The summed E-state index contributed by atoms with van der Waals surface area (Å²) in [4.78, 5) is 2.36. The molecule has 2 unspecified atom stereocenters. The maximum atomic E-state index is 6.48. The number of para-hydroxylation sites is 3. The van der Waals surface area contributed by atoms with E-state index < -0.39 is 0 Å². The van der Waals surface area contributed by atoms with Crippen molar-refractivity contribution in [2.75, 3.05) is 4.90 Å². The topological polar surface area (TPSA) is 25.6 Å². The molecule has 3 aliphatic rings. The van der Waals surface area contributed by atoms with Crippen molar-refractivity contribution in [3.8, 4) is 28.0 Å². The summed E-state index contributed by atoms with van der Waals surface area (Å²) in [5.41, 5.74) is 17.8. The number of furan rings is 1. The van der Waals surface area contributed by atoms with Gasteiger partial charge < -0.3 is 14.1 Å². The maximum absolute atomic E-state index is 6.48. The van der Waals surface area contributed by atoms with Crippen LogP contribution in [-0.2, 0) is 0 Å². The van der Waals surface area contributed by atoms with Gasteiger partial charge in [-0.2, -0.15) is 0 Å². The molecule has 0 spiro atoms. The summed E-state index contributed by atoms with van der Waals surface area (Å²) in [7, 11) is 0. The van der Waals surface area contributed by atoms with Gasteiger partial charge in [-0.25, -0.2) is 0 Å². The van der Waals surface area contributed by atoms with E-state index in [0.717, 1.165) is 65.4 Å². The van der Waals surface area contributed by atoms with Crippen molar-refractivity contribution in [1.29, 1.82) is 0 Å². The molecule has 0 saturated heterocycles. The normalized spacial score (nSPS) is 16.7. The van der Waals surface area contributed by atoms with Crippen molar-refractivity contribution >= 4 is 50.1 Å². The van der Waals surface area contributed by atoms with Gasteiger partial charge in [-0.15, -0.1) is 0 Å². The fourth-order valence-corrected chi connectivity index (χ4v) is 10.1. The number of hydrogen-bond acceptors (Lipinski definition) is 3. The van der Waals surface area contributed by atoms with Crippen LogP contribution in [0, 0.1) is 0 Å². The molecule has 12 rings (SSSR count). The molecular weight excluding hydrogens is 767 g/mol. The third kappa shape index (κ3) is 6.87. The summed E-state index contributed by atoms with van der Waals surface area (Å²) in [6, 6.07) is 70.1. The lowest BCUT2D eigenvalue weighted by Crippen LogP contribution is -2.10. The second kappa shape index (κ2) is 15.7. The Morgan fingerprint density at radius 2 is 1.08 bits per heavy atom. The molecule has 0 bridgehead atoms. The zero-order valence-corrected chi connectivity index (χ0v) is 35.0. The summed E-state index contributed by atoms with van der Waals surface area (Å²) in [6.07, 6.45) is 11.1. The summed E-state index contributed by atoms with van der Waals surface area (Å²) >= 11 is 0. The minimum absolute atomic E-state index is 0.302.